The first-order valence-corrected chi connectivity index (χ1v) is 11.2. The van der Waals surface area contributed by atoms with E-state index in [1.54, 1.807) is 0 Å². The summed E-state index contributed by atoms with van der Waals surface area (Å²) in [6.07, 6.45) is -12.7. The van der Waals surface area contributed by atoms with Gasteiger partial charge in [0.2, 0.25) is 0 Å². The Morgan fingerprint density at radius 3 is 2.09 bits per heavy atom. The fraction of sp³-hybridized carbons (Fsp3) is 0.381. The molecule has 1 aliphatic heterocycles. The second kappa shape index (κ2) is 8.52. The normalized spacial score (nSPS) is 17.4. The molecular weight excluding hydrogens is 495 g/mol. The molecule has 13 heteroatoms. The highest BCUT2D eigenvalue weighted by Gasteiger charge is 2.71. The predicted octanol–water partition coefficient (Wildman–Crippen LogP) is 4.63. The first kappa shape index (κ1) is 25.9. The number of aliphatic hydroxyl groups is 1. The number of benzene rings is 2. The Hall–Kier alpha value is -2.67. The van der Waals surface area contributed by atoms with Crippen LogP contribution in [0.4, 0.5) is 36.4 Å². The number of aryl methyl sites for hydroxylation is 1. The van der Waals surface area contributed by atoms with E-state index in [4.69, 9.17) is 0 Å². The molecule has 0 bridgehead atoms. The molecule has 0 aliphatic carbocycles. The highest BCUT2D eigenvalue weighted by Crippen LogP contribution is 2.51. The van der Waals surface area contributed by atoms with Gasteiger partial charge in [0, 0.05) is 12.0 Å². The zero-order valence-corrected chi connectivity index (χ0v) is 18.2. The summed E-state index contributed by atoms with van der Waals surface area (Å²) in [5.41, 5.74) is -7.13. The van der Waals surface area contributed by atoms with E-state index in [-0.39, 0.29) is 35.4 Å². The number of nitrogens with zero attached hydrogens (tertiary/aromatic N) is 1. The van der Waals surface area contributed by atoms with Gasteiger partial charge in [0.1, 0.15) is 11.6 Å². The van der Waals surface area contributed by atoms with Crippen molar-refractivity contribution in [2.24, 2.45) is 0 Å². The molecule has 1 aliphatic rings. The SMILES string of the molecule is CC(=O)C[C@@H]1CCc2cc(C(O)(C(F)(F)F)C(F)(F)F)ccc2N1S(=O)(=O)c1ccc(F)cc1. The second-order valence-corrected chi connectivity index (χ2v) is 9.72. The number of rotatable bonds is 5. The lowest BCUT2D eigenvalue weighted by molar-refractivity contribution is -0.376. The third kappa shape index (κ3) is 4.38. The van der Waals surface area contributed by atoms with Gasteiger partial charge in [0.15, 0.2) is 0 Å². The van der Waals surface area contributed by atoms with E-state index in [2.05, 4.69) is 0 Å². The molecule has 0 aromatic heterocycles. The molecule has 5 nitrogen and oxygen atoms in total. The van der Waals surface area contributed by atoms with Crippen molar-refractivity contribution >= 4 is 21.5 Å². The third-order valence-electron chi connectivity index (χ3n) is 5.53. The highest BCUT2D eigenvalue weighted by atomic mass is 32.2. The van der Waals surface area contributed by atoms with Crippen molar-refractivity contribution in [3.8, 4) is 0 Å². The fourth-order valence-electron chi connectivity index (χ4n) is 3.91. The lowest BCUT2D eigenvalue weighted by atomic mass is 9.87. The summed E-state index contributed by atoms with van der Waals surface area (Å²) >= 11 is 0. The van der Waals surface area contributed by atoms with Crippen molar-refractivity contribution in [3.05, 3.63) is 59.4 Å². The van der Waals surface area contributed by atoms with Crippen molar-refractivity contribution in [2.45, 2.75) is 55.1 Å². The van der Waals surface area contributed by atoms with Crippen molar-refractivity contribution in [2.75, 3.05) is 4.31 Å². The first-order chi connectivity index (χ1) is 15.5. The molecule has 1 heterocycles. The zero-order chi connectivity index (χ0) is 25.7. The smallest absolute Gasteiger partial charge is 0.369 e. The van der Waals surface area contributed by atoms with Crippen LogP contribution >= 0.6 is 0 Å². The van der Waals surface area contributed by atoms with Crippen LogP contribution in [0.3, 0.4) is 0 Å². The van der Waals surface area contributed by atoms with Gasteiger partial charge in [0.25, 0.3) is 15.6 Å². The summed E-state index contributed by atoms with van der Waals surface area (Å²) < 4.78 is 121. The molecule has 1 atom stereocenters. The van der Waals surface area contributed by atoms with Crippen LogP contribution in [0.25, 0.3) is 0 Å². The molecule has 0 saturated carbocycles. The van der Waals surface area contributed by atoms with Gasteiger partial charge in [-0.05, 0) is 55.7 Å². The summed E-state index contributed by atoms with van der Waals surface area (Å²) in [4.78, 5) is 11.3. The molecule has 0 radical (unpaired) electrons. The minimum atomic E-state index is -6.11. The van der Waals surface area contributed by atoms with Gasteiger partial charge in [-0.15, -0.1) is 0 Å². The zero-order valence-electron chi connectivity index (χ0n) is 17.4. The Bertz CT molecular complexity index is 1180. The van der Waals surface area contributed by atoms with E-state index in [1.807, 2.05) is 0 Å². The topological polar surface area (TPSA) is 74.7 Å². The summed E-state index contributed by atoms with van der Waals surface area (Å²) in [7, 11) is -4.48. The Morgan fingerprint density at radius 1 is 1.03 bits per heavy atom. The van der Waals surface area contributed by atoms with E-state index >= 15 is 0 Å². The summed E-state index contributed by atoms with van der Waals surface area (Å²) in [5, 5.41) is 9.70. The summed E-state index contributed by atoms with van der Waals surface area (Å²) in [6.45, 7) is 1.20. The van der Waals surface area contributed by atoms with Crippen LogP contribution in [0.1, 0.15) is 30.9 Å². The molecule has 2 aromatic rings. The average Bonchev–Trinajstić information content (AvgIpc) is 2.70. The van der Waals surface area contributed by atoms with Crippen molar-refractivity contribution < 1.29 is 49.1 Å². The molecule has 34 heavy (non-hydrogen) atoms. The monoisotopic (exact) mass is 513 g/mol. The quantitative estimate of drug-likeness (QED) is 0.592. The van der Waals surface area contributed by atoms with Gasteiger partial charge in [-0.1, -0.05) is 12.1 Å². The van der Waals surface area contributed by atoms with Gasteiger partial charge in [0.05, 0.1) is 16.6 Å². The molecule has 0 fully saturated rings. The molecule has 1 N–H and O–H groups in total. The summed E-state index contributed by atoms with van der Waals surface area (Å²) in [6, 6.07) is 4.21. The fourth-order valence-corrected chi connectivity index (χ4v) is 5.63. The Kier molecular flexibility index (Phi) is 6.50. The number of halogens is 7. The van der Waals surface area contributed by atoms with E-state index in [0.717, 1.165) is 34.6 Å². The van der Waals surface area contributed by atoms with Gasteiger partial charge in [-0.2, -0.15) is 26.3 Å². The van der Waals surface area contributed by atoms with Gasteiger partial charge < -0.3 is 5.11 Å². The van der Waals surface area contributed by atoms with Crippen molar-refractivity contribution in [3.63, 3.8) is 0 Å². The minimum Gasteiger partial charge on any atom is -0.369 e. The van der Waals surface area contributed by atoms with Gasteiger partial charge in [-0.3, -0.25) is 9.10 Å². The van der Waals surface area contributed by atoms with Crippen LogP contribution in [0.15, 0.2) is 47.4 Å². The number of hydrogen-bond donors (Lipinski definition) is 1. The number of ketones is 1. The Labute approximate surface area is 189 Å². The van der Waals surface area contributed by atoms with Gasteiger partial charge >= 0.3 is 12.4 Å². The predicted molar refractivity (Wildman–Crippen MR) is 106 cm³/mol. The van der Waals surface area contributed by atoms with E-state index < -0.39 is 51.2 Å². The molecule has 0 amide bonds. The van der Waals surface area contributed by atoms with Crippen LogP contribution in [0, 0.1) is 5.82 Å². The lowest BCUT2D eigenvalue weighted by Crippen LogP contribution is -2.54. The number of hydrogen-bond acceptors (Lipinski definition) is 4. The van der Waals surface area contributed by atoms with Crippen molar-refractivity contribution in [1.82, 2.24) is 0 Å². The van der Waals surface area contributed by atoms with Crippen LogP contribution < -0.4 is 4.31 Å². The van der Waals surface area contributed by atoms with E-state index in [1.165, 1.54) is 6.92 Å². The second-order valence-electron chi connectivity index (χ2n) is 7.90. The maximum atomic E-state index is 13.3. The largest absolute Gasteiger partial charge is 0.430 e. The summed E-state index contributed by atoms with van der Waals surface area (Å²) in [5.74, 6) is -1.13. The molecule has 2 aromatic carbocycles. The van der Waals surface area contributed by atoms with E-state index in [0.29, 0.717) is 12.1 Å². The number of Topliss-reactive ketones (excluding diaryl/α,β-unsaturated/α-hetero) is 1. The number of sulfonamides is 1. The number of carbonyl (C=O) groups excluding carboxylic acids is 1. The molecule has 3 rings (SSSR count). The Balaban J connectivity index is 2.20. The number of carbonyl (C=O) groups is 1. The maximum absolute atomic E-state index is 13.3. The van der Waals surface area contributed by atoms with Gasteiger partial charge in [-0.25, -0.2) is 12.8 Å². The van der Waals surface area contributed by atoms with Crippen LogP contribution in [0.5, 0.6) is 0 Å². The number of fused-ring (bicyclic) bond motifs is 1. The molecule has 186 valence electrons. The Morgan fingerprint density at radius 2 is 1.59 bits per heavy atom. The van der Waals surface area contributed by atoms with Crippen LogP contribution in [0.2, 0.25) is 0 Å². The van der Waals surface area contributed by atoms with Crippen LogP contribution in [-0.4, -0.2) is 37.7 Å². The van der Waals surface area contributed by atoms with E-state index in [9.17, 15) is 49.1 Å². The number of alkyl halides is 6. The first-order valence-electron chi connectivity index (χ1n) is 9.79. The third-order valence-corrected chi connectivity index (χ3v) is 7.41. The maximum Gasteiger partial charge on any atom is 0.430 e. The minimum absolute atomic E-state index is 0.0904. The standard InChI is InChI=1S/C21H18F7NO4S/c1-12(30)10-16-6-2-13-11-14(19(31,20(23,24)25)21(26,27)28)3-9-18(13)29(16)34(32,33)17-7-4-15(22)5-8-17/h3-5,7-9,11,16,31H,2,6,10H2,1H3/t16-/m0/s1. The highest BCUT2D eigenvalue weighted by molar-refractivity contribution is 7.92. The van der Waals surface area contributed by atoms with Crippen molar-refractivity contribution in [1.29, 1.82) is 0 Å². The molecular formula is C21H18F7NO4S. The molecule has 0 unspecified atom stereocenters. The molecule has 0 saturated heterocycles. The van der Waals surface area contributed by atoms with Crippen LogP contribution in [-0.2, 0) is 26.8 Å². The average molecular weight is 513 g/mol. The molecule has 0 spiro atoms. The lowest BCUT2D eigenvalue weighted by Gasteiger charge is -2.39. The number of anilines is 1.